The summed E-state index contributed by atoms with van der Waals surface area (Å²) >= 11 is 0. The standard InChI is InChI=1S/C20H27N3O.BrH/c1-2-3-6-15-19(21-16-17-11-7-4-8-12-17)23-20(24)22-18-13-9-5-10-14-18;/h4-5,7-14,19,21H,2-3,6,15-16H2,1H3,(H2,22,23,24);1H. The van der Waals surface area contributed by atoms with E-state index >= 15 is 0 Å². The van der Waals surface area contributed by atoms with E-state index in [4.69, 9.17) is 0 Å². The van der Waals surface area contributed by atoms with Gasteiger partial charge in [0.2, 0.25) is 0 Å². The lowest BCUT2D eigenvalue weighted by Gasteiger charge is -2.21. The van der Waals surface area contributed by atoms with Gasteiger partial charge in [-0.1, -0.05) is 74.7 Å². The van der Waals surface area contributed by atoms with Crippen molar-refractivity contribution in [3.05, 3.63) is 66.2 Å². The van der Waals surface area contributed by atoms with Gasteiger partial charge in [-0.15, -0.1) is 17.0 Å². The van der Waals surface area contributed by atoms with Crippen LogP contribution in [0.4, 0.5) is 10.5 Å². The lowest BCUT2D eigenvalue weighted by Crippen LogP contribution is -2.46. The lowest BCUT2D eigenvalue weighted by atomic mass is 10.1. The van der Waals surface area contributed by atoms with Gasteiger partial charge in [-0.3, -0.25) is 5.32 Å². The molecule has 0 saturated heterocycles. The first-order valence-electron chi connectivity index (χ1n) is 8.68. The molecule has 1 unspecified atom stereocenters. The molecule has 25 heavy (non-hydrogen) atoms. The second kappa shape index (κ2) is 12.5. The molecule has 0 bridgehead atoms. The Balaban J connectivity index is 0.00000312. The van der Waals surface area contributed by atoms with Crippen LogP contribution < -0.4 is 16.0 Å². The van der Waals surface area contributed by atoms with Crippen LogP contribution in [-0.4, -0.2) is 12.2 Å². The van der Waals surface area contributed by atoms with Crippen LogP contribution in [0.2, 0.25) is 0 Å². The van der Waals surface area contributed by atoms with Crippen molar-refractivity contribution in [2.24, 2.45) is 0 Å². The Labute approximate surface area is 161 Å². The summed E-state index contributed by atoms with van der Waals surface area (Å²) in [6, 6.07) is 19.5. The zero-order valence-electron chi connectivity index (χ0n) is 14.7. The SMILES string of the molecule is Br.CCCCCC(NCc1ccccc1)NC(=O)Nc1ccccc1. The molecule has 2 aromatic rings. The van der Waals surface area contributed by atoms with Crippen LogP contribution in [0.1, 0.15) is 38.2 Å². The summed E-state index contributed by atoms with van der Waals surface area (Å²) in [5.74, 6) is 0. The summed E-state index contributed by atoms with van der Waals surface area (Å²) < 4.78 is 0. The largest absolute Gasteiger partial charge is 0.323 e. The third-order valence-corrected chi connectivity index (χ3v) is 3.83. The Kier molecular flexibility index (Phi) is 10.6. The van der Waals surface area contributed by atoms with Gasteiger partial charge in [0, 0.05) is 12.2 Å². The summed E-state index contributed by atoms with van der Waals surface area (Å²) in [7, 11) is 0. The van der Waals surface area contributed by atoms with E-state index in [0.29, 0.717) is 0 Å². The molecule has 0 aliphatic rings. The second-order valence-electron chi connectivity index (χ2n) is 5.88. The van der Waals surface area contributed by atoms with Crippen molar-refractivity contribution in [1.82, 2.24) is 10.6 Å². The smallest absolute Gasteiger partial charge is 0.320 e. The molecule has 0 spiro atoms. The minimum atomic E-state index is -0.178. The Morgan fingerprint density at radius 3 is 2.24 bits per heavy atom. The topological polar surface area (TPSA) is 53.2 Å². The highest BCUT2D eigenvalue weighted by atomic mass is 79.9. The van der Waals surface area contributed by atoms with E-state index in [1.165, 1.54) is 18.4 Å². The van der Waals surface area contributed by atoms with Crippen molar-refractivity contribution in [1.29, 1.82) is 0 Å². The van der Waals surface area contributed by atoms with Gasteiger partial charge < -0.3 is 10.6 Å². The first-order chi connectivity index (χ1) is 11.8. The fourth-order valence-electron chi connectivity index (χ4n) is 2.51. The average molecular weight is 406 g/mol. The van der Waals surface area contributed by atoms with E-state index in [0.717, 1.165) is 25.1 Å². The number of nitrogens with one attached hydrogen (secondary N) is 3. The van der Waals surface area contributed by atoms with E-state index in [1.807, 2.05) is 48.5 Å². The molecular weight excluding hydrogens is 378 g/mol. The van der Waals surface area contributed by atoms with Crippen LogP contribution in [0.5, 0.6) is 0 Å². The highest BCUT2D eigenvalue weighted by molar-refractivity contribution is 8.93. The minimum absolute atomic E-state index is 0. The van der Waals surface area contributed by atoms with Gasteiger partial charge in [0.05, 0.1) is 6.17 Å². The Bertz CT molecular complexity index is 592. The maximum Gasteiger partial charge on any atom is 0.320 e. The number of para-hydroxylation sites is 1. The van der Waals surface area contributed by atoms with Crippen molar-refractivity contribution in [3.63, 3.8) is 0 Å². The maximum absolute atomic E-state index is 12.2. The molecule has 136 valence electrons. The normalized spacial score (nSPS) is 11.2. The van der Waals surface area contributed by atoms with Gasteiger partial charge in [-0.2, -0.15) is 0 Å². The lowest BCUT2D eigenvalue weighted by molar-refractivity contribution is 0.244. The van der Waals surface area contributed by atoms with Crippen LogP contribution >= 0.6 is 17.0 Å². The van der Waals surface area contributed by atoms with E-state index < -0.39 is 0 Å². The van der Waals surface area contributed by atoms with Crippen molar-refractivity contribution in [2.45, 2.75) is 45.3 Å². The zero-order valence-corrected chi connectivity index (χ0v) is 16.4. The molecule has 0 fully saturated rings. The molecule has 2 amide bonds. The zero-order chi connectivity index (χ0) is 17.0. The van der Waals surface area contributed by atoms with Crippen molar-refractivity contribution >= 4 is 28.7 Å². The Hall–Kier alpha value is -1.85. The van der Waals surface area contributed by atoms with Crippen LogP contribution in [0, 0.1) is 0 Å². The summed E-state index contributed by atoms with van der Waals surface area (Å²) in [5, 5.41) is 9.34. The molecule has 2 rings (SSSR count). The maximum atomic E-state index is 12.2. The number of halogens is 1. The number of benzene rings is 2. The number of anilines is 1. The first kappa shape index (κ1) is 21.2. The number of rotatable bonds is 9. The average Bonchev–Trinajstić information content (AvgIpc) is 2.61. The molecule has 1 atom stereocenters. The monoisotopic (exact) mass is 405 g/mol. The molecule has 0 radical (unpaired) electrons. The Morgan fingerprint density at radius 2 is 1.60 bits per heavy atom. The van der Waals surface area contributed by atoms with Crippen LogP contribution in [0.25, 0.3) is 0 Å². The van der Waals surface area contributed by atoms with Crippen molar-refractivity contribution < 1.29 is 4.79 Å². The van der Waals surface area contributed by atoms with Crippen molar-refractivity contribution in [3.8, 4) is 0 Å². The number of hydrogen-bond donors (Lipinski definition) is 3. The fraction of sp³-hybridized carbons (Fsp3) is 0.350. The number of amides is 2. The van der Waals surface area contributed by atoms with Gasteiger partial charge in [0.25, 0.3) is 0 Å². The summed E-state index contributed by atoms with van der Waals surface area (Å²) in [5.41, 5.74) is 2.01. The molecule has 0 aliphatic carbocycles. The van der Waals surface area contributed by atoms with Gasteiger partial charge in [-0.05, 0) is 24.1 Å². The van der Waals surface area contributed by atoms with Gasteiger partial charge in [-0.25, -0.2) is 4.79 Å². The van der Waals surface area contributed by atoms with Gasteiger partial charge >= 0.3 is 6.03 Å². The highest BCUT2D eigenvalue weighted by Gasteiger charge is 2.11. The third-order valence-electron chi connectivity index (χ3n) is 3.83. The number of carbonyl (C=O) groups is 1. The predicted molar refractivity (Wildman–Crippen MR) is 110 cm³/mol. The minimum Gasteiger partial charge on any atom is -0.323 e. The number of unbranched alkanes of at least 4 members (excludes halogenated alkanes) is 2. The molecule has 4 nitrogen and oxygen atoms in total. The molecule has 0 heterocycles. The summed E-state index contributed by atoms with van der Waals surface area (Å²) in [6.45, 7) is 2.92. The van der Waals surface area contributed by atoms with E-state index in [1.54, 1.807) is 0 Å². The quantitative estimate of drug-likeness (QED) is 0.402. The molecular formula is C20H28BrN3O. The molecule has 2 aromatic carbocycles. The number of urea groups is 1. The molecule has 3 N–H and O–H groups in total. The van der Waals surface area contributed by atoms with E-state index in [9.17, 15) is 4.79 Å². The molecule has 0 aromatic heterocycles. The van der Waals surface area contributed by atoms with Gasteiger partial charge in [0.1, 0.15) is 0 Å². The number of hydrogen-bond acceptors (Lipinski definition) is 2. The Morgan fingerprint density at radius 1 is 0.960 bits per heavy atom. The van der Waals surface area contributed by atoms with Crippen LogP contribution in [-0.2, 0) is 6.54 Å². The van der Waals surface area contributed by atoms with E-state index in [-0.39, 0.29) is 29.2 Å². The van der Waals surface area contributed by atoms with Crippen molar-refractivity contribution in [2.75, 3.05) is 5.32 Å². The predicted octanol–water partition coefficient (Wildman–Crippen LogP) is 5.08. The summed E-state index contributed by atoms with van der Waals surface area (Å²) in [4.78, 5) is 12.2. The van der Waals surface area contributed by atoms with Crippen LogP contribution in [0.15, 0.2) is 60.7 Å². The molecule has 0 aliphatic heterocycles. The van der Waals surface area contributed by atoms with Gasteiger partial charge in [0.15, 0.2) is 0 Å². The fourth-order valence-corrected chi connectivity index (χ4v) is 2.51. The third kappa shape index (κ3) is 8.70. The highest BCUT2D eigenvalue weighted by Crippen LogP contribution is 2.07. The summed E-state index contributed by atoms with van der Waals surface area (Å²) in [6.07, 6.45) is 4.31. The second-order valence-corrected chi connectivity index (χ2v) is 5.88. The molecule has 0 saturated carbocycles. The van der Waals surface area contributed by atoms with Crippen LogP contribution in [0.3, 0.4) is 0 Å². The number of carbonyl (C=O) groups excluding carboxylic acids is 1. The van der Waals surface area contributed by atoms with E-state index in [2.05, 4.69) is 35.0 Å². The first-order valence-corrected chi connectivity index (χ1v) is 8.68. The molecule has 5 heteroatoms.